The molecular formula is C26H28ClF4N5O4. The maximum atomic E-state index is 13.4. The highest BCUT2D eigenvalue weighted by Gasteiger charge is 2.33. The highest BCUT2D eigenvalue weighted by atomic mass is 35.5. The number of alkyl halides is 3. The molecule has 14 heteroatoms. The van der Waals surface area contributed by atoms with E-state index >= 15 is 0 Å². The lowest BCUT2D eigenvalue weighted by atomic mass is 10.0. The Morgan fingerprint density at radius 1 is 1.20 bits per heavy atom. The van der Waals surface area contributed by atoms with E-state index in [2.05, 4.69) is 20.6 Å². The van der Waals surface area contributed by atoms with Gasteiger partial charge in [0.15, 0.2) is 24.7 Å². The Morgan fingerprint density at radius 2 is 1.93 bits per heavy atom. The highest BCUT2D eigenvalue weighted by Crippen LogP contribution is 2.37. The van der Waals surface area contributed by atoms with Gasteiger partial charge in [-0.25, -0.2) is 4.98 Å². The Kier molecular flexibility index (Phi) is 9.04. The van der Waals surface area contributed by atoms with Gasteiger partial charge in [0, 0.05) is 36.9 Å². The molecule has 40 heavy (non-hydrogen) atoms. The van der Waals surface area contributed by atoms with Crippen LogP contribution in [0.3, 0.4) is 0 Å². The smallest absolute Gasteiger partial charge is 0.422 e. The van der Waals surface area contributed by atoms with Gasteiger partial charge in [0.25, 0.3) is 11.8 Å². The second-order valence-corrected chi connectivity index (χ2v) is 9.80. The minimum atomic E-state index is -4.64. The average molecular weight is 586 g/mol. The first kappa shape index (κ1) is 29.4. The second kappa shape index (κ2) is 12.3. The third kappa shape index (κ3) is 6.76. The van der Waals surface area contributed by atoms with Gasteiger partial charge in [-0.3, -0.25) is 9.59 Å². The van der Waals surface area contributed by atoms with E-state index in [4.69, 9.17) is 16.3 Å². The molecule has 0 atom stereocenters. The predicted octanol–water partition coefficient (Wildman–Crippen LogP) is 5.10. The number of aromatic nitrogens is 2. The molecule has 4 rings (SSSR count). The van der Waals surface area contributed by atoms with Crippen LogP contribution in [-0.2, 0) is 23.2 Å². The van der Waals surface area contributed by atoms with Crippen LogP contribution in [0, 0.1) is 0 Å². The number of fused-ring (bicyclic) bond motifs is 1. The number of aryl methyl sites for hydroxylation is 2. The van der Waals surface area contributed by atoms with Gasteiger partial charge in [-0.15, -0.1) is 0 Å². The van der Waals surface area contributed by atoms with Crippen molar-refractivity contribution in [1.29, 1.82) is 0 Å². The zero-order valence-corrected chi connectivity index (χ0v) is 22.5. The van der Waals surface area contributed by atoms with Crippen LogP contribution in [0.25, 0.3) is 11.0 Å². The summed E-state index contributed by atoms with van der Waals surface area (Å²) in [6.07, 6.45) is -3.40. The molecule has 3 aromatic rings. The number of nitrogens with one attached hydrogen (secondary N) is 2. The highest BCUT2D eigenvalue weighted by molar-refractivity contribution is 6.30. The molecule has 216 valence electrons. The molecule has 1 aliphatic rings. The molecule has 2 amide bonds. The number of hydrogen-bond donors (Lipinski definition) is 2. The van der Waals surface area contributed by atoms with E-state index in [-0.39, 0.29) is 41.6 Å². The van der Waals surface area contributed by atoms with Crippen LogP contribution in [0.2, 0.25) is 5.02 Å². The molecule has 1 aromatic carbocycles. The average Bonchev–Trinajstić information content (AvgIpc) is 3.17. The van der Waals surface area contributed by atoms with Gasteiger partial charge in [0.2, 0.25) is 0 Å². The number of halogens is 5. The van der Waals surface area contributed by atoms with Crippen molar-refractivity contribution in [3.05, 3.63) is 46.7 Å². The van der Waals surface area contributed by atoms with E-state index in [1.165, 1.54) is 16.5 Å². The lowest BCUT2D eigenvalue weighted by Crippen LogP contribution is -2.47. The third-order valence-electron chi connectivity index (χ3n) is 6.59. The Balaban J connectivity index is 1.67. The number of anilines is 2. The molecule has 9 nitrogen and oxygen atoms in total. The van der Waals surface area contributed by atoms with E-state index in [9.17, 15) is 27.3 Å². The van der Waals surface area contributed by atoms with Crippen molar-refractivity contribution in [2.45, 2.75) is 38.4 Å². The summed E-state index contributed by atoms with van der Waals surface area (Å²) in [6.45, 7) is 0.120. The van der Waals surface area contributed by atoms with Gasteiger partial charge in [0.05, 0.1) is 16.8 Å². The van der Waals surface area contributed by atoms with Crippen molar-refractivity contribution < 1.29 is 37.0 Å². The molecular weight excluding hydrogens is 558 g/mol. The maximum absolute atomic E-state index is 13.4. The lowest BCUT2D eigenvalue weighted by molar-refractivity contribution is -0.165. The van der Waals surface area contributed by atoms with Gasteiger partial charge >= 0.3 is 6.18 Å². The quantitative estimate of drug-likeness (QED) is 0.339. The van der Waals surface area contributed by atoms with Gasteiger partial charge in [-0.05, 0) is 48.1 Å². The summed E-state index contributed by atoms with van der Waals surface area (Å²) < 4.78 is 58.3. The number of benzene rings is 1. The van der Waals surface area contributed by atoms with E-state index < -0.39 is 31.2 Å². The van der Waals surface area contributed by atoms with Gasteiger partial charge < -0.3 is 24.8 Å². The molecule has 0 spiro atoms. The fraction of sp³-hybridized carbons (Fsp3) is 0.423. The van der Waals surface area contributed by atoms with E-state index in [1.54, 1.807) is 30.3 Å². The van der Waals surface area contributed by atoms with Crippen molar-refractivity contribution in [3.63, 3.8) is 0 Å². The fourth-order valence-electron chi connectivity index (χ4n) is 4.67. The van der Waals surface area contributed by atoms with Crippen LogP contribution in [-0.4, -0.2) is 64.8 Å². The predicted molar refractivity (Wildman–Crippen MR) is 141 cm³/mol. The van der Waals surface area contributed by atoms with Crippen LogP contribution >= 0.6 is 11.6 Å². The maximum Gasteiger partial charge on any atom is 0.422 e. The summed E-state index contributed by atoms with van der Waals surface area (Å²) in [4.78, 5) is 34.7. The van der Waals surface area contributed by atoms with Gasteiger partial charge in [-0.2, -0.15) is 18.1 Å². The third-order valence-corrected chi connectivity index (χ3v) is 6.82. The van der Waals surface area contributed by atoms with Crippen LogP contribution in [0.1, 0.15) is 35.9 Å². The number of amides is 2. The lowest BCUT2D eigenvalue weighted by Gasteiger charge is -2.32. The topological polar surface area (TPSA) is 97.7 Å². The number of hydrogen-bond acceptors (Lipinski definition) is 6. The molecule has 2 N–H and O–H groups in total. The first-order chi connectivity index (χ1) is 19.0. The zero-order valence-electron chi connectivity index (χ0n) is 21.8. The molecule has 1 fully saturated rings. The van der Waals surface area contributed by atoms with Crippen molar-refractivity contribution in [2.24, 2.45) is 7.05 Å². The molecule has 3 heterocycles. The summed E-state index contributed by atoms with van der Waals surface area (Å²) in [5.41, 5.74) is 1.97. The first-order valence-electron chi connectivity index (χ1n) is 12.6. The Morgan fingerprint density at radius 3 is 2.55 bits per heavy atom. The van der Waals surface area contributed by atoms with E-state index in [0.29, 0.717) is 41.4 Å². The summed E-state index contributed by atoms with van der Waals surface area (Å²) >= 11 is 6.10. The normalized spacial score (nSPS) is 14.4. The molecule has 0 bridgehead atoms. The number of carbonyl (C=O) groups excluding carboxylic acids is 2. The summed E-state index contributed by atoms with van der Waals surface area (Å²) in [7, 11) is 1.53. The summed E-state index contributed by atoms with van der Waals surface area (Å²) in [5.74, 6) is -1.40. The fourth-order valence-corrected chi connectivity index (χ4v) is 4.86. The van der Waals surface area contributed by atoms with Gasteiger partial charge in [-0.1, -0.05) is 24.6 Å². The molecule has 2 aromatic heterocycles. The van der Waals surface area contributed by atoms with Crippen LogP contribution in [0.5, 0.6) is 5.75 Å². The van der Waals surface area contributed by atoms with Crippen LogP contribution < -0.4 is 15.4 Å². The molecule has 1 saturated heterocycles. The monoisotopic (exact) mass is 585 g/mol. The van der Waals surface area contributed by atoms with Crippen molar-refractivity contribution in [1.82, 2.24) is 19.8 Å². The number of pyridine rings is 1. The van der Waals surface area contributed by atoms with Crippen LogP contribution in [0.15, 0.2) is 30.3 Å². The number of likely N-dealkylation sites (tertiary alicyclic amines) is 1. The summed E-state index contributed by atoms with van der Waals surface area (Å²) in [6, 6.07) is 8.18. The van der Waals surface area contributed by atoms with E-state index in [1.807, 2.05) is 6.92 Å². The Hall–Kier alpha value is -3.58. The van der Waals surface area contributed by atoms with Crippen molar-refractivity contribution in [3.8, 4) is 5.75 Å². The SMILES string of the molecule is CCc1nc2c(cc1Nc1cccc(Cl)c1)c(OCC(F)(F)F)c(C(=O)NC1CCN(C(=O)COF)CC1)n2C. The Bertz CT molecular complexity index is 1390. The minimum Gasteiger partial charge on any atom is -0.481 e. The number of rotatable bonds is 9. The standard InChI is InChI=1S/C26H28ClF4N5O4/c1-3-19-20(32-17-6-4-5-15(27)11-17)12-18-23(39-14-26(28,29)30)22(35(2)24(18)34-19)25(38)33-16-7-9-36(10-8-16)21(37)13-40-31/h4-6,11-12,16,32H,3,7-10,13-14H2,1-2H3,(H,33,38). The summed E-state index contributed by atoms with van der Waals surface area (Å²) in [5, 5.41) is 6.76. The number of ether oxygens (including phenoxy) is 1. The zero-order chi connectivity index (χ0) is 29.0. The van der Waals surface area contributed by atoms with Gasteiger partial charge in [0.1, 0.15) is 5.65 Å². The molecule has 0 unspecified atom stereocenters. The first-order valence-corrected chi connectivity index (χ1v) is 12.9. The minimum absolute atomic E-state index is 0.113. The number of piperidine rings is 1. The second-order valence-electron chi connectivity index (χ2n) is 9.37. The van der Waals surface area contributed by atoms with Crippen LogP contribution in [0.4, 0.5) is 29.1 Å². The largest absolute Gasteiger partial charge is 0.481 e. The number of nitrogens with zero attached hydrogens (tertiary/aromatic N) is 3. The van der Waals surface area contributed by atoms with E-state index in [0.717, 1.165) is 0 Å². The van der Waals surface area contributed by atoms with Crippen molar-refractivity contribution in [2.75, 3.05) is 31.6 Å². The molecule has 1 aliphatic heterocycles. The molecule has 0 saturated carbocycles. The van der Waals surface area contributed by atoms with Crippen molar-refractivity contribution >= 4 is 45.8 Å². The molecule has 0 aliphatic carbocycles. The number of carbonyl (C=O) groups is 2. The molecule has 0 radical (unpaired) electrons. The Labute approximate surface area is 232 Å².